The molecule has 0 bridgehead atoms. The Hall–Kier alpha value is 0.270. The fourth-order valence-corrected chi connectivity index (χ4v) is 5.58. The third-order valence-electron chi connectivity index (χ3n) is 5.34. The van der Waals surface area contributed by atoms with Crippen molar-refractivity contribution in [2.75, 3.05) is 25.4 Å². The summed E-state index contributed by atoms with van der Waals surface area (Å²) in [5.74, 6) is 1.39. The summed E-state index contributed by atoms with van der Waals surface area (Å²) in [7, 11) is 0. The van der Waals surface area contributed by atoms with Gasteiger partial charge in [0.1, 0.15) is 0 Å². The van der Waals surface area contributed by atoms with Crippen molar-refractivity contribution in [3.8, 4) is 0 Å². The quantitative estimate of drug-likeness (QED) is 0.787. The van der Waals surface area contributed by atoms with Crippen LogP contribution in [0, 0.1) is 0 Å². The largest absolute Gasteiger partial charge is 0.314 e. The van der Waals surface area contributed by atoms with E-state index in [-0.39, 0.29) is 0 Å². The number of hydrogen-bond acceptors (Lipinski definition) is 3. The summed E-state index contributed by atoms with van der Waals surface area (Å²) in [4.78, 5) is 2.94. The highest BCUT2D eigenvalue weighted by Crippen LogP contribution is 2.40. The second kappa shape index (κ2) is 5.72. The molecule has 2 heterocycles. The molecule has 1 N–H and O–H groups in total. The Balaban J connectivity index is 1.77. The number of rotatable bonds is 1. The summed E-state index contributed by atoms with van der Waals surface area (Å²) in [6.45, 7) is 6.21. The first-order chi connectivity index (χ1) is 8.82. The third kappa shape index (κ3) is 2.46. The van der Waals surface area contributed by atoms with E-state index in [9.17, 15) is 0 Å². The molecular weight excluding hydrogens is 240 g/mol. The van der Waals surface area contributed by atoms with Crippen molar-refractivity contribution in [2.45, 2.75) is 68.7 Å². The van der Waals surface area contributed by atoms with Gasteiger partial charge in [0, 0.05) is 36.5 Å². The van der Waals surface area contributed by atoms with E-state index in [1.165, 1.54) is 70.3 Å². The second-order valence-electron chi connectivity index (χ2n) is 6.44. The van der Waals surface area contributed by atoms with Crippen LogP contribution in [-0.4, -0.2) is 47.1 Å². The molecule has 0 aromatic rings. The summed E-state index contributed by atoms with van der Waals surface area (Å²) in [6, 6.07) is 0.851. The van der Waals surface area contributed by atoms with Crippen molar-refractivity contribution in [1.82, 2.24) is 10.2 Å². The first kappa shape index (κ1) is 13.3. The van der Waals surface area contributed by atoms with Gasteiger partial charge in [-0.05, 0) is 31.4 Å². The van der Waals surface area contributed by atoms with Crippen LogP contribution in [0.25, 0.3) is 0 Å². The summed E-state index contributed by atoms with van der Waals surface area (Å²) < 4.78 is 0. The van der Waals surface area contributed by atoms with Gasteiger partial charge in [0.15, 0.2) is 0 Å². The average Bonchev–Trinajstić information content (AvgIpc) is 2.41. The smallest absolute Gasteiger partial charge is 0.0337 e. The van der Waals surface area contributed by atoms with Crippen molar-refractivity contribution in [3.63, 3.8) is 0 Å². The molecule has 104 valence electrons. The maximum Gasteiger partial charge on any atom is 0.0337 e. The van der Waals surface area contributed by atoms with Gasteiger partial charge in [0.2, 0.25) is 0 Å². The van der Waals surface area contributed by atoms with Gasteiger partial charge in [-0.2, -0.15) is 11.8 Å². The molecule has 0 radical (unpaired) electrons. The van der Waals surface area contributed by atoms with Crippen LogP contribution in [-0.2, 0) is 0 Å². The predicted octanol–water partition coefficient (Wildman–Crippen LogP) is 2.88. The number of hydrogen-bond donors (Lipinski definition) is 1. The standard InChI is InChI=1S/C15H28N2S/c1-13-14(6-5-11-18-13)17-10-9-16-12-15(17)7-3-2-4-8-15/h13-14,16H,2-12H2,1H3. The van der Waals surface area contributed by atoms with E-state index in [0.717, 1.165) is 11.3 Å². The highest BCUT2D eigenvalue weighted by Gasteiger charge is 2.44. The maximum atomic E-state index is 3.68. The number of piperazine rings is 1. The Bertz CT molecular complexity index is 267. The highest BCUT2D eigenvalue weighted by atomic mass is 32.2. The molecule has 18 heavy (non-hydrogen) atoms. The van der Waals surface area contributed by atoms with Crippen molar-refractivity contribution in [3.05, 3.63) is 0 Å². The topological polar surface area (TPSA) is 15.3 Å². The normalized spacial score (nSPS) is 37.8. The number of nitrogens with one attached hydrogen (secondary N) is 1. The molecule has 2 aliphatic heterocycles. The molecule has 2 atom stereocenters. The third-order valence-corrected chi connectivity index (χ3v) is 6.71. The van der Waals surface area contributed by atoms with E-state index in [0.29, 0.717) is 5.54 Å². The minimum Gasteiger partial charge on any atom is -0.314 e. The molecule has 3 heteroatoms. The molecule has 1 spiro atoms. The summed E-state index contributed by atoms with van der Waals surface area (Å²) in [6.07, 6.45) is 10.1. The second-order valence-corrected chi connectivity index (χ2v) is 7.93. The van der Waals surface area contributed by atoms with E-state index >= 15 is 0 Å². The van der Waals surface area contributed by atoms with E-state index in [4.69, 9.17) is 0 Å². The van der Waals surface area contributed by atoms with Gasteiger partial charge in [-0.3, -0.25) is 4.90 Å². The Labute approximate surface area is 116 Å². The fraction of sp³-hybridized carbons (Fsp3) is 1.00. The molecule has 2 unspecified atom stereocenters. The lowest BCUT2D eigenvalue weighted by Gasteiger charge is -2.55. The van der Waals surface area contributed by atoms with Crippen LogP contribution >= 0.6 is 11.8 Å². The monoisotopic (exact) mass is 268 g/mol. The molecule has 2 nitrogen and oxygen atoms in total. The molecule has 0 amide bonds. The maximum absolute atomic E-state index is 3.68. The molecule has 3 aliphatic rings. The van der Waals surface area contributed by atoms with E-state index in [1.807, 2.05) is 0 Å². The van der Waals surface area contributed by atoms with Crippen molar-refractivity contribution in [2.24, 2.45) is 0 Å². The van der Waals surface area contributed by atoms with Crippen molar-refractivity contribution < 1.29 is 0 Å². The van der Waals surface area contributed by atoms with Crippen molar-refractivity contribution in [1.29, 1.82) is 0 Å². The van der Waals surface area contributed by atoms with Gasteiger partial charge in [-0.1, -0.05) is 26.2 Å². The minimum absolute atomic E-state index is 0.521. The van der Waals surface area contributed by atoms with Crippen LogP contribution in [0.3, 0.4) is 0 Å². The lowest BCUT2D eigenvalue weighted by Crippen LogP contribution is -2.66. The zero-order valence-corrected chi connectivity index (χ0v) is 12.6. The zero-order chi connectivity index (χ0) is 12.4. The average molecular weight is 268 g/mol. The Morgan fingerprint density at radius 1 is 1.17 bits per heavy atom. The number of thioether (sulfide) groups is 1. The molecule has 3 rings (SSSR count). The van der Waals surface area contributed by atoms with Gasteiger partial charge >= 0.3 is 0 Å². The van der Waals surface area contributed by atoms with E-state index in [1.54, 1.807) is 0 Å². The van der Waals surface area contributed by atoms with Gasteiger partial charge in [-0.25, -0.2) is 0 Å². The molecule has 0 aromatic carbocycles. The Morgan fingerprint density at radius 3 is 2.78 bits per heavy atom. The molecule has 0 aromatic heterocycles. The van der Waals surface area contributed by atoms with Crippen LogP contribution in [0.15, 0.2) is 0 Å². The van der Waals surface area contributed by atoms with Crippen LogP contribution in [0.5, 0.6) is 0 Å². The van der Waals surface area contributed by atoms with Gasteiger partial charge in [0.25, 0.3) is 0 Å². The van der Waals surface area contributed by atoms with Crippen LogP contribution < -0.4 is 5.32 Å². The Kier molecular flexibility index (Phi) is 4.21. The summed E-state index contributed by atoms with van der Waals surface area (Å²) in [5.41, 5.74) is 0.521. The summed E-state index contributed by atoms with van der Waals surface area (Å²) in [5, 5.41) is 4.52. The molecule has 3 fully saturated rings. The van der Waals surface area contributed by atoms with Crippen LogP contribution in [0.4, 0.5) is 0 Å². The SMILES string of the molecule is CC1SCCCC1N1CCNCC12CCCCC2. The summed E-state index contributed by atoms with van der Waals surface area (Å²) >= 11 is 2.21. The molecular formula is C15H28N2S. The first-order valence-electron chi connectivity index (χ1n) is 7.91. The van der Waals surface area contributed by atoms with E-state index in [2.05, 4.69) is 28.9 Å². The van der Waals surface area contributed by atoms with Gasteiger partial charge in [0.05, 0.1) is 0 Å². The number of nitrogens with zero attached hydrogens (tertiary/aromatic N) is 1. The minimum atomic E-state index is 0.521. The zero-order valence-electron chi connectivity index (χ0n) is 11.8. The molecule has 1 saturated carbocycles. The molecule has 2 saturated heterocycles. The first-order valence-corrected chi connectivity index (χ1v) is 8.96. The lowest BCUT2D eigenvalue weighted by molar-refractivity contribution is -0.0105. The van der Waals surface area contributed by atoms with Crippen LogP contribution in [0.2, 0.25) is 0 Å². The highest BCUT2D eigenvalue weighted by molar-refractivity contribution is 7.99. The van der Waals surface area contributed by atoms with E-state index < -0.39 is 0 Å². The van der Waals surface area contributed by atoms with Gasteiger partial charge < -0.3 is 5.32 Å². The lowest BCUT2D eigenvalue weighted by atomic mass is 9.77. The molecule has 1 aliphatic carbocycles. The fourth-order valence-electron chi connectivity index (χ4n) is 4.37. The Morgan fingerprint density at radius 2 is 2.00 bits per heavy atom. The van der Waals surface area contributed by atoms with Crippen molar-refractivity contribution >= 4 is 11.8 Å². The predicted molar refractivity (Wildman–Crippen MR) is 80.3 cm³/mol. The van der Waals surface area contributed by atoms with Crippen LogP contribution in [0.1, 0.15) is 51.9 Å². The van der Waals surface area contributed by atoms with Gasteiger partial charge in [-0.15, -0.1) is 0 Å².